The number of carbonyl (C=O) groups excluding carboxylic acids is 2. The zero-order valence-corrected chi connectivity index (χ0v) is 22.7. The third-order valence-corrected chi connectivity index (χ3v) is 6.73. The fourth-order valence-corrected chi connectivity index (χ4v) is 5.00. The molecule has 0 saturated carbocycles. The van der Waals surface area contributed by atoms with Crippen LogP contribution in [0, 0.1) is 0 Å². The Bertz CT molecular complexity index is 1390. The molecule has 0 aliphatic carbocycles. The number of ether oxygens (including phenoxy) is 4. The van der Waals surface area contributed by atoms with E-state index in [1.807, 2.05) is 31.2 Å². The molecule has 4 rings (SSSR count). The SMILES string of the molecule is CCOc1ccccc1NC(=O)COc1ccc(/C=C2/SC(=S)N(c3ccccc3OC)C2=O)cc1OC. The standard InChI is InChI=1S/C28H26N2O6S2/c1-4-35-21-11-7-5-9-19(21)29-26(31)17-36-23-14-13-18(15-24(23)34-3)16-25-27(32)30(28(37)38-25)20-10-6-8-12-22(20)33-2/h5-16H,4,17H2,1-3H3,(H,29,31)/b25-16+. The number of rotatable bonds is 10. The van der Waals surface area contributed by atoms with Crippen LogP contribution in [0.3, 0.4) is 0 Å². The molecule has 196 valence electrons. The van der Waals surface area contributed by atoms with Gasteiger partial charge in [-0.05, 0) is 55.0 Å². The van der Waals surface area contributed by atoms with E-state index in [9.17, 15) is 9.59 Å². The number of para-hydroxylation sites is 4. The lowest BCUT2D eigenvalue weighted by Crippen LogP contribution is -2.27. The Kier molecular flexibility index (Phi) is 8.88. The number of methoxy groups -OCH3 is 2. The average Bonchev–Trinajstić information content (AvgIpc) is 3.20. The van der Waals surface area contributed by atoms with Crippen molar-refractivity contribution >= 4 is 57.6 Å². The molecular weight excluding hydrogens is 524 g/mol. The number of nitrogens with one attached hydrogen (secondary N) is 1. The van der Waals surface area contributed by atoms with Gasteiger partial charge in [0.25, 0.3) is 11.8 Å². The van der Waals surface area contributed by atoms with E-state index >= 15 is 0 Å². The van der Waals surface area contributed by atoms with Crippen molar-refractivity contribution in [2.45, 2.75) is 6.92 Å². The maximum absolute atomic E-state index is 13.2. The number of hydrogen-bond acceptors (Lipinski definition) is 8. The quantitative estimate of drug-likeness (QED) is 0.261. The summed E-state index contributed by atoms with van der Waals surface area (Å²) in [5.74, 6) is 1.36. The average molecular weight is 551 g/mol. The molecule has 2 amide bonds. The minimum atomic E-state index is -0.344. The van der Waals surface area contributed by atoms with Crippen LogP contribution in [0.25, 0.3) is 6.08 Å². The molecule has 8 nitrogen and oxygen atoms in total. The van der Waals surface area contributed by atoms with Crippen molar-refractivity contribution in [2.24, 2.45) is 0 Å². The number of anilines is 2. The minimum absolute atomic E-state index is 0.228. The summed E-state index contributed by atoms with van der Waals surface area (Å²) in [6.07, 6.45) is 1.73. The number of thiocarbonyl (C=S) groups is 1. The first-order chi connectivity index (χ1) is 18.4. The van der Waals surface area contributed by atoms with Gasteiger partial charge in [0, 0.05) is 0 Å². The summed E-state index contributed by atoms with van der Waals surface area (Å²) in [5.41, 5.74) is 1.87. The van der Waals surface area contributed by atoms with Gasteiger partial charge in [0.1, 0.15) is 11.5 Å². The fourth-order valence-electron chi connectivity index (χ4n) is 3.72. The number of nitrogens with zero attached hydrogens (tertiary/aromatic N) is 1. The van der Waals surface area contributed by atoms with E-state index in [0.29, 0.717) is 55.8 Å². The Morgan fingerprint density at radius 2 is 1.66 bits per heavy atom. The molecule has 0 unspecified atom stereocenters. The maximum Gasteiger partial charge on any atom is 0.270 e. The lowest BCUT2D eigenvalue weighted by atomic mass is 10.1. The summed E-state index contributed by atoms with van der Waals surface area (Å²) in [7, 11) is 3.05. The molecular formula is C28H26N2O6S2. The van der Waals surface area contributed by atoms with Crippen LogP contribution in [0.5, 0.6) is 23.0 Å². The Balaban J connectivity index is 1.46. The van der Waals surface area contributed by atoms with Crippen molar-refractivity contribution in [1.29, 1.82) is 0 Å². The van der Waals surface area contributed by atoms with Crippen LogP contribution in [0.4, 0.5) is 11.4 Å². The third-order valence-electron chi connectivity index (χ3n) is 5.42. The van der Waals surface area contributed by atoms with Gasteiger partial charge in [-0.25, -0.2) is 0 Å². The van der Waals surface area contributed by atoms with Crippen molar-refractivity contribution in [1.82, 2.24) is 0 Å². The van der Waals surface area contributed by atoms with E-state index < -0.39 is 0 Å². The molecule has 3 aromatic carbocycles. The van der Waals surface area contributed by atoms with Gasteiger partial charge in [-0.3, -0.25) is 14.5 Å². The van der Waals surface area contributed by atoms with Crippen LogP contribution in [0.2, 0.25) is 0 Å². The summed E-state index contributed by atoms with van der Waals surface area (Å²) in [5, 5.41) is 2.79. The predicted molar refractivity (Wildman–Crippen MR) is 153 cm³/mol. The second kappa shape index (κ2) is 12.5. The van der Waals surface area contributed by atoms with E-state index in [0.717, 1.165) is 0 Å². The van der Waals surface area contributed by atoms with Gasteiger partial charge in [-0.1, -0.05) is 54.3 Å². The highest BCUT2D eigenvalue weighted by atomic mass is 32.2. The molecule has 1 aliphatic rings. The smallest absolute Gasteiger partial charge is 0.270 e. The summed E-state index contributed by atoms with van der Waals surface area (Å²) in [4.78, 5) is 27.6. The van der Waals surface area contributed by atoms with Gasteiger partial charge in [-0.2, -0.15) is 0 Å². The molecule has 38 heavy (non-hydrogen) atoms. The summed E-state index contributed by atoms with van der Waals surface area (Å²) in [6, 6.07) is 19.6. The first-order valence-electron chi connectivity index (χ1n) is 11.7. The fraction of sp³-hybridized carbons (Fsp3) is 0.179. The van der Waals surface area contributed by atoms with Crippen molar-refractivity contribution in [3.05, 3.63) is 77.2 Å². The molecule has 10 heteroatoms. The summed E-state index contributed by atoms with van der Waals surface area (Å²) < 4.78 is 22.5. The number of hydrogen-bond donors (Lipinski definition) is 1. The highest BCUT2D eigenvalue weighted by Gasteiger charge is 2.34. The lowest BCUT2D eigenvalue weighted by Gasteiger charge is -2.17. The van der Waals surface area contributed by atoms with Crippen LogP contribution in [0.15, 0.2) is 71.6 Å². The number of thioether (sulfide) groups is 1. The van der Waals surface area contributed by atoms with Gasteiger partial charge in [0.15, 0.2) is 22.4 Å². The first-order valence-corrected chi connectivity index (χ1v) is 12.9. The molecule has 1 heterocycles. The largest absolute Gasteiger partial charge is 0.495 e. The normalized spacial score (nSPS) is 14.0. The molecule has 0 atom stereocenters. The molecule has 0 radical (unpaired) electrons. The van der Waals surface area contributed by atoms with Gasteiger partial charge < -0.3 is 24.3 Å². The highest BCUT2D eigenvalue weighted by molar-refractivity contribution is 8.27. The van der Waals surface area contributed by atoms with Gasteiger partial charge in [-0.15, -0.1) is 0 Å². The second-order valence-corrected chi connectivity index (χ2v) is 9.54. The molecule has 0 spiro atoms. The molecule has 0 bridgehead atoms. The van der Waals surface area contributed by atoms with Crippen LogP contribution < -0.4 is 29.2 Å². The van der Waals surface area contributed by atoms with E-state index in [1.54, 1.807) is 55.7 Å². The molecule has 1 N–H and O–H groups in total. The number of benzene rings is 3. The zero-order chi connectivity index (χ0) is 27.1. The minimum Gasteiger partial charge on any atom is -0.495 e. The molecule has 1 fully saturated rings. The monoisotopic (exact) mass is 550 g/mol. The van der Waals surface area contributed by atoms with Crippen molar-refractivity contribution < 1.29 is 28.5 Å². The second-order valence-electron chi connectivity index (χ2n) is 7.87. The molecule has 1 saturated heterocycles. The number of carbonyl (C=O) groups is 2. The lowest BCUT2D eigenvalue weighted by molar-refractivity contribution is -0.118. The summed E-state index contributed by atoms with van der Waals surface area (Å²) >= 11 is 6.69. The van der Waals surface area contributed by atoms with Gasteiger partial charge >= 0.3 is 0 Å². The Morgan fingerprint density at radius 3 is 2.39 bits per heavy atom. The van der Waals surface area contributed by atoms with Crippen LogP contribution in [0.1, 0.15) is 12.5 Å². The predicted octanol–water partition coefficient (Wildman–Crippen LogP) is 5.53. The number of amides is 2. The van der Waals surface area contributed by atoms with Gasteiger partial charge in [0.2, 0.25) is 0 Å². The molecule has 3 aromatic rings. The topological polar surface area (TPSA) is 86.3 Å². The van der Waals surface area contributed by atoms with E-state index in [-0.39, 0.29) is 18.4 Å². The van der Waals surface area contributed by atoms with Crippen molar-refractivity contribution in [2.75, 3.05) is 37.7 Å². The molecule has 0 aromatic heterocycles. The van der Waals surface area contributed by atoms with Crippen LogP contribution >= 0.6 is 24.0 Å². The molecule has 1 aliphatic heterocycles. The Labute approximate surface area is 230 Å². The Morgan fingerprint density at radius 1 is 0.947 bits per heavy atom. The van der Waals surface area contributed by atoms with Gasteiger partial charge in [0.05, 0.1) is 37.1 Å². The maximum atomic E-state index is 13.2. The third kappa shape index (κ3) is 6.09. The van der Waals surface area contributed by atoms with Crippen LogP contribution in [-0.4, -0.2) is 43.6 Å². The zero-order valence-electron chi connectivity index (χ0n) is 21.1. The summed E-state index contributed by atoms with van der Waals surface area (Å²) in [6.45, 7) is 2.13. The van der Waals surface area contributed by atoms with E-state index in [1.165, 1.54) is 23.8 Å². The van der Waals surface area contributed by atoms with E-state index in [4.69, 9.17) is 31.2 Å². The highest BCUT2D eigenvalue weighted by Crippen LogP contribution is 2.40. The van der Waals surface area contributed by atoms with Crippen LogP contribution in [-0.2, 0) is 9.59 Å². The Hall–Kier alpha value is -4.02. The van der Waals surface area contributed by atoms with Crippen molar-refractivity contribution in [3.63, 3.8) is 0 Å². The van der Waals surface area contributed by atoms with Crippen molar-refractivity contribution in [3.8, 4) is 23.0 Å². The first kappa shape index (κ1) is 27.0. The van der Waals surface area contributed by atoms with E-state index in [2.05, 4.69) is 5.32 Å².